The Balaban J connectivity index is 1.36. The number of carbonyl (C=O) groups is 2. The van der Waals surface area contributed by atoms with Crippen molar-refractivity contribution in [3.63, 3.8) is 0 Å². The summed E-state index contributed by atoms with van der Waals surface area (Å²) in [5.41, 5.74) is 1.84. The molecule has 4 aromatic rings. The van der Waals surface area contributed by atoms with Gasteiger partial charge in [-0.3, -0.25) is 9.59 Å². The molecular formula is C40H36O10. The van der Waals surface area contributed by atoms with Crippen molar-refractivity contribution in [1.82, 2.24) is 0 Å². The summed E-state index contributed by atoms with van der Waals surface area (Å²) < 4.78 is 12.0. The Kier molecular flexibility index (Phi) is 7.87. The van der Waals surface area contributed by atoms with Gasteiger partial charge >= 0.3 is 0 Å². The van der Waals surface area contributed by atoms with Crippen LogP contribution in [0.3, 0.4) is 0 Å². The number of aliphatic hydroxyl groups excluding tert-OH is 1. The van der Waals surface area contributed by atoms with Crippen LogP contribution in [0.5, 0.6) is 40.2 Å². The van der Waals surface area contributed by atoms with Crippen LogP contribution in [-0.2, 0) is 0 Å². The second-order valence-electron chi connectivity index (χ2n) is 13.7. The van der Waals surface area contributed by atoms with Crippen molar-refractivity contribution in [3.8, 4) is 40.2 Å². The SMILES string of the molecule is CC1=CC(c2ccc(O)c(C3Oc4cc(O)ccc4C(=O)C3O)c2)C(C(=O)c2ccc3c(c2O)C=CC(C)(C)O3)C(c2ccc(O)cc2O)C1. The lowest BCUT2D eigenvalue weighted by Crippen LogP contribution is -2.36. The maximum Gasteiger partial charge on any atom is 0.199 e. The number of carbonyl (C=O) groups excluding carboxylic acids is 2. The van der Waals surface area contributed by atoms with Gasteiger partial charge in [0.25, 0.3) is 0 Å². The first-order valence-corrected chi connectivity index (χ1v) is 16.2. The number of allylic oxidation sites excluding steroid dienone is 2. The number of fused-ring (bicyclic) bond motifs is 2. The largest absolute Gasteiger partial charge is 0.508 e. The van der Waals surface area contributed by atoms with E-state index < -0.39 is 47.1 Å². The predicted molar refractivity (Wildman–Crippen MR) is 183 cm³/mol. The average Bonchev–Trinajstić information content (AvgIpc) is 3.05. The average molecular weight is 677 g/mol. The van der Waals surface area contributed by atoms with Crippen LogP contribution in [0.4, 0.5) is 0 Å². The highest BCUT2D eigenvalue weighted by Crippen LogP contribution is 2.51. The monoisotopic (exact) mass is 676 g/mol. The molecule has 3 aliphatic rings. The molecule has 0 saturated carbocycles. The third-order valence-corrected chi connectivity index (χ3v) is 9.79. The van der Waals surface area contributed by atoms with Crippen molar-refractivity contribution in [1.29, 1.82) is 0 Å². The molecule has 256 valence electrons. The number of aliphatic hydroxyl groups is 1. The molecule has 0 radical (unpaired) electrons. The Hall–Kier alpha value is -5.74. The van der Waals surface area contributed by atoms with Gasteiger partial charge in [0.05, 0.1) is 16.7 Å². The molecule has 0 aromatic heterocycles. The van der Waals surface area contributed by atoms with Gasteiger partial charge in [0.15, 0.2) is 23.8 Å². The van der Waals surface area contributed by atoms with E-state index in [1.165, 1.54) is 42.5 Å². The minimum Gasteiger partial charge on any atom is -0.508 e. The van der Waals surface area contributed by atoms with Crippen LogP contribution in [0, 0.1) is 5.92 Å². The summed E-state index contributed by atoms with van der Waals surface area (Å²) in [7, 11) is 0. The fourth-order valence-electron chi connectivity index (χ4n) is 7.37. The van der Waals surface area contributed by atoms with Crippen molar-refractivity contribution in [2.24, 2.45) is 5.92 Å². The molecule has 10 nitrogen and oxygen atoms in total. The number of rotatable bonds is 5. The zero-order valence-electron chi connectivity index (χ0n) is 27.5. The maximum atomic E-state index is 14.8. The van der Waals surface area contributed by atoms with E-state index in [0.717, 1.165) is 5.57 Å². The molecule has 2 heterocycles. The normalized spacial score (nSPS) is 23.6. The molecule has 0 spiro atoms. The van der Waals surface area contributed by atoms with E-state index in [-0.39, 0.29) is 51.2 Å². The number of ether oxygens (including phenoxy) is 2. The molecule has 10 heteroatoms. The highest BCUT2D eigenvalue weighted by Gasteiger charge is 2.43. The number of benzene rings is 4. The highest BCUT2D eigenvalue weighted by atomic mass is 16.5. The fourth-order valence-corrected chi connectivity index (χ4v) is 7.37. The number of aromatic hydroxyl groups is 5. The van der Waals surface area contributed by atoms with E-state index in [9.17, 15) is 40.2 Å². The van der Waals surface area contributed by atoms with Gasteiger partial charge in [-0.05, 0) is 92.9 Å². The number of phenols is 5. The summed E-state index contributed by atoms with van der Waals surface area (Å²) in [6.45, 7) is 5.65. The zero-order valence-corrected chi connectivity index (χ0v) is 27.5. The lowest BCUT2D eigenvalue weighted by molar-refractivity contribution is 0.0207. The van der Waals surface area contributed by atoms with Crippen LogP contribution >= 0.6 is 0 Å². The number of phenolic OH excluding ortho intramolecular Hbond substituents is 5. The van der Waals surface area contributed by atoms with Crippen LogP contribution in [0.15, 0.2) is 84.5 Å². The predicted octanol–water partition coefficient (Wildman–Crippen LogP) is 6.79. The molecule has 5 unspecified atom stereocenters. The second-order valence-corrected chi connectivity index (χ2v) is 13.7. The molecule has 2 aliphatic heterocycles. The summed E-state index contributed by atoms with van der Waals surface area (Å²) in [6, 6.07) is 15.9. The van der Waals surface area contributed by atoms with Gasteiger partial charge in [-0.2, -0.15) is 0 Å². The molecule has 4 aromatic carbocycles. The van der Waals surface area contributed by atoms with Crippen LogP contribution < -0.4 is 9.47 Å². The van der Waals surface area contributed by atoms with Crippen molar-refractivity contribution in [2.75, 3.05) is 0 Å². The van der Waals surface area contributed by atoms with Crippen LogP contribution in [0.1, 0.15) is 88.1 Å². The van der Waals surface area contributed by atoms with E-state index in [2.05, 4.69) is 0 Å². The van der Waals surface area contributed by atoms with Crippen LogP contribution in [0.25, 0.3) is 6.08 Å². The number of hydrogen-bond acceptors (Lipinski definition) is 10. The minimum absolute atomic E-state index is 0.0451. The second kappa shape index (κ2) is 12.0. The van der Waals surface area contributed by atoms with Gasteiger partial charge in [-0.15, -0.1) is 0 Å². The summed E-state index contributed by atoms with van der Waals surface area (Å²) in [5.74, 6) is -3.82. The molecule has 0 fully saturated rings. The molecule has 0 bridgehead atoms. The van der Waals surface area contributed by atoms with Gasteiger partial charge in [0.2, 0.25) is 0 Å². The standard InChI is InChI=1S/C40H36O10/c1-19-14-27(20-4-10-30(43)29(16-20)39-38(48)37(47)24-8-6-22(42)18-33(24)49-39)34(28(15-19)23-7-5-21(41)17-31(23)44)36(46)26-9-11-32-25(35(26)45)12-13-40(2,3)50-32/h4-14,16-18,27-28,34,38-39,41-45,48H,15H2,1-3H3. The summed E-state index contributed by atoms with van der Waals surface area (Å²) in [5, 5.41) is 64.7. The summed E-state index contributed by atoms with van der Waals surface area (Å²) >= 11 is 0. The van der Waals surface area contributed by atoms with Crippen LogP contribution in [-0.4, -0.2) is 53.9 Å². The molecule has 6 N–H and O–H groups in total. The van der Waals surface area contributed by atoms with Gasteiger partial charge in [-0.25, -0.2) is 0 Å². The van der Waals surface area contributed by atoms with E-state index in [0.29, 0.717) is 28.9 Å². The van der Waals surface area contributed by atoms with Crippen molar-refractivity contribution >= 4 is 17.6 Å². The minimum atomic E-state index is -1.68. The molecule has 50 heavy (non-hydrogen) atoms. The third kappa shape index (κ3) is 5.61. The zero-order chi connectivity index (χ0) is 35.6. The van der Waals surface area contributed by atoms with E-state index in [4.69, 9.17) is 9.47 Å². The smallest absolute Gasteiger partial charge is 0.199 e. The Labute approximate surface area is 287 Å². The lowest BCUT2D eigenvalue weighted by atomic mass is 9.65. The maximum absolute atomic E-state index is 14.8. The quantitative estimate of drug-likeness (QED) is 0.0975. The topological polar surface area (TPSA) is 174 Å². The van der Waals surface area contributed by atoms with E-state index >= 15 is 0 Å². The molecular weight excluding hydrogens is 640 g/mol. The first-order chi connectivity index (χ1) is 23.7. The van der Waals surface area contributed by atoms with Gasteiger partial charge in [0, 0.05) is 35.4 Å². The Morgan fingerprint density at radius 3 is 2.34 bits per heavy atom. The first kappa shape index (κ1) is 32.8. The van der Waals surface area contributed by atoms with Gasteiger partial charge in [-0.1, -0.05) is 23.8 Å². The molecule has 7 rings (SSSR count). The first-order valence-electron chi connectivity index (χ1n) is 16.2. The summed E-state index contributed by atoms with van der Waals surface area (Å²) in [6.07, 6.45) is 2.79. The number of Topliss-reactive ketones (excluding diaryl/α,β-unsaturated/α-hetero) is 2. The molecule has 0 saturated heterocycles. The number of hydrogen-bond donors (Lipinski definition) is 6. The Morgan fingerprint density at radius 1 is 0.840 bits per heavy atom. The molecule has 1 aliphatic carbocycles. The third-order valence-electron chi connectivity index (χ3n) is 9.79. The van der Waals surface area contributed by atoms with E-state index in [1.807, 2.05) is 26.8 Å². The van der Waals surface area contributed by atoms with Crippen molar-refractivity contribution < 1.29 is 49.7 Å². The van der Waals surface area contributed by atoms with E-state index in [1.54, 1.807) is 36.4 Å². The molecule has 0 amide bonds. The van der Waals surface area contributed by atoms with Gasteiger partial charge < -0.3 is 40.1 Å². The van der Waals surface area contributed by atoms with Crippen molar-refractivity contribution in [2.45, 2.75) is 56.8 Å². The Bertz CT molecular complexity index is 2130. The fraction of sp³-hybridized carbons (Fsp3) is 0.250. The van der Waals surface area contributed by atoms with Crippen LogP contribution in [0.2, 0.25) is 0 Å². The Morgan fingerprint density at radius 2 is 1.58 bits per heavy atom. The summed E-state index contributed by atoms with van der Waals surface area (Å²) in [4.78, 5) is 28.0. The van der Waals surface area contributed by atoms with Gasteiger partial charge in [0.1, 0.15) is 45.8 Å². The number of ketones is 2. The highest BCUT2D eigenvalue weighted by molar-refractivity contribution is 6.04. The van der Waals surface area contributed by atoms with Crippen molar-refractivity contribution in [3.05, 3.63) is 118 Å². The molecule has 5 atom stereocenters. The lowest BCUT2D eigenvalue weighted by Gasteiger charge is -2.38.